The molecular formula is C24H18O4. The molecule has 0 heterocycles. The van der Waals surface area contributed by atoms with Crippen LogP contribution in [0.2, 0.25) is 0 Å². The van der Waals surface area contributed by atoms with Gasteiger partial charge in [-0.3, -0.25) is 0 Å². The number of aromatic carboxylic acids is 2. The minimum absolute atomic E-state index is 0.253. The SMILES string of the molecule is Cc1ccc2cc(C(=O)O)ccc2c1-c1c(C)ccc2cc(C(=O)O)ccc12. The first kappa shape index (κ1) is 17.7. The summed E-state index contributed by atoms with van der Waals surface area (Å²) in [5, 5.41) is 22.3. The molecule has 0 aliphatic rings. The maximum Gasteiger partial charge on any atom is 0.335 e. The highest BCUT2D eigenvalue weighted by atomic mass is 16.4. The lowest BCUT2D eigenvalue weighted by Crippen LogP contribution is -1.98. The maximum absolute atomic E-state index is 11.3. The Morgan fingerprint density at radius 3 is 1.36 bits per heavy atom. The van der Waals surface area contributed by atoms with Gasteiger partial charge in [-0.25, -0.2) is 9.59 Å². The number of rotatable bonds is 3. The minimum Gasteiger partial charge on any atom is -0.478 e. The van der Waals surface area contributed by atoms with E-state index in [0.29, 0.717) is 0 Å². The molecule has 0 saturated carbocycles. The summed E-state index contributed by atoms with van der Waals surface area (Å²) < 4.78 is 0. The van der Waals surface area contributed by atoms with Gasteiger partial charge in [-0.05, 0) is 81.9 Å². The Morgan fingerprint density at radius 2 is 1.00 bits per heavy atom. The molecule has 0 amide bonds. The first-order valence-electron chi connectivity index (χ1n) is 8.90. The van der Waals surface area contributed by atoms with Crippen molar-refractivity contribution in [3.63, 3.8) is 0 Å². The van der Waals surface area contributed by atoms with Crippen LogP contribution in [0, 0.1) is 13.8 Å². The second kappa shape index (κ2) is 6.50. The Labute approximate surface area is 161 Å². The van der Waals surface area contributed by atoms with E-state index >= 15 is 0 Å². The molecule has 0 aromatic heterocycles. The fraction of sp³-hybridized carbons (Fsp3) is 0.0833. The molecule has 2 N–H and O–H groups in total. The molecule has 0 saturated heterocycles. The first-order valence-corrected chi connectivity index (χ1v) is 8.90. The van der Waals surface area contributed by atoms with Gasteiger partial charge in [0.2, 0.25) is 0 Å². The van der Waals surface area contributed by atoms with E-state index in [1.54, 1.807) is 24.3 Å². The number of carbonyl (C=O) groups is 2. The van der Waals surface area contributed by atoms with E-state index < -0.39 is 11.9 Å². The summed E-state index contributed by atoms with van der Waals surface area (Å²) in [4.78, 5) is 22.7. The largest absolute Gasteiger partial charge is 0.478 e. The van der Waals surface area contributed by atoms with Crippen molar-refractivity contribution >= 4 is 33.5 Å². The van der Waals surface area contributed by atoms with E-state index in [4.69, 9.17) is 0 Å². The van der Waals surface area contributed by atoms with Gasteiger partial charge in [0.05, 0.1) is 11.1 Å². The van der Waals surface area contributed by atoms with Crippen molar-refractivity contribution in [2.24, 2.45) is 0 Å². The molecule has 0 aliphatic carbocycles. The van der Waals surface area contributed by atoms with Gasteiger partial charge in [0.15, 0.2) is 0 Å². The molecule has 0 atom stereocenters. The van der Waals surface area contributed by atoms with Gasteiger partial charge < -0.3 is 10.2 Å². The molecule has 0 bridgehead atoms. The minimum atomic E-state index is -0.952. The van der Waals surface area contributed by atoms with E-state index in [1.165, 1.54) is 0 Å². The summed E-state index contributed by atoms with van der Waals surface area (Å²) in [5.74, 6) is -1.90. The van der Waals surface area contributed by atoms with E-state index in [9.17, 15) is 19.8 Å². The lowest BCUT2D eigenvalue weighted by molar-refractivity contribution is 0.0686. The number of hydrogen-bond acceptors (Lipinski definition) is 2. The second-order valence-electron chi connectivity index (χ2n) is 7.00. The van der Waals surface area contributed by atoms with Gasteiger partial charge in [-0.2, -0.15) is 0 Å². The highest BCUT2D eigenvalue weighted by Gasteiger charge is 2.15. The van der Waals surface area contributed by atoms with Crippen molar-refractivity contribution in [2.45, 2.75) is 13.8 Å². The zero-order valence-electron chi connectivity index (χ0n) is 15.5. The number of carboxylic acids is 2. The van der Waals surface area contributed by atoms with E-state index in [0.717, 1.165) is 43.8 Å². The van der Waals surface area contributed by atoms with Gasteiger partial charge in [-0.15, -0.1) is 0 Å². The Bertz CT molecular complexity index is 1180. The maximum atomic E-state index is 11.3. The van der Waals surface area contributed by atoms with Crippen LogP contribution in [0.4, 0.5) is 0 Å². The van der Waals surface area contributed by atoms with Crippen LogP contribution in [0.15, 0.2) is 60.7 Å². The highest BCUT2D eigenvalue weighted by Crippen LogP contribution is 2.39. The molecule has 4 rings (SSSR count). The molecule has 0 aliphatic heterocycles. The number of aryl methyl sites for hydroxylation is 2. The Kier molecular flexibility index (Phi) is 4.12. The van der Waals surface area contributed by atoms with Crippen molar-refractivity contribution < 1.29 is 19.8 Å². The number of hydrogen-bond donors (Lipinski definition) is 2. The van der Waals surface area contributed by atoms with Crippen LogP contribution in [0.25, 0.3) is 32.7 Å². The predicted octanol–water partition coefficient (Wildman–Crippen LogP) is 5.67. The second-order valence-corrected chi connectivity index (χ2v) is 7.00. The van der Waals surface area contributed by atoms with Gasteiger partial charge in [0.25, 0.3) is 0 Å². The van der Waals surface area contributed by atoms with Crippen LogP contribution in [-0.2, 0) is 0 Å². The molecule has 0 unspecified atom stereocenters. The topological polar surface area (TPSA) is 74.6 Å². The third-order valence-corrected chi connectivity index (χ3v) is 5.20. The van der Waals surface area contributed by atoms with Crippen LogP contribution in [0.5, 0.6) is 0 Å². The van der Waals surface area contributed by atoms with Gasteiger partial charge in [-0.1, -0.05) is 36.4 Å². The average molecular weight is 370 g/mol. The summed E-state index contributed by atoms with van der Waals surface area (Å²) >= 11 is 0. The first-order chi connectivity index (χ1) is 13.4. The van der Waals surface area contributed by atoms with E-state index in [2.05, 4.69) is 0 Å². The Morgan fingerprint density at radius 1 is 0.607 bits per heavy atom. The monoisotopic (exact) mass is 370 g/mol. The van der Waals surface area contributed by atoms with Gasteiger partial charge in [0, 0.05) is 0 Å². The Hall–Kier alpha value is -3.66. The van der Waals surface area contributed by atoms with E-state index in [1.807, 2.05) is 50.2 Å². The van der Waals surface area contributed by atoms with Crippen LogP contribution >= 0.6 is 0 Å². The zero-order valence-corrected chi connectivity index (χ0v) is 15.5. The smallest absolute Gasteiger partial charge is 0.335 e. The average Bonchev–Trinajstić information content (AvgIpc) is 2.68. The predicted molar refractivity (Wildman–Crippen MR) is 110 cm³/mol. The Balaban J connectivity index is 2.08. The summed E-state index contributed by atoms with van der Waals surface area (Å²) in [6.45, 7) is 4.06. The molecular weight excluding hydrogens is 352 g/mol. The van der Waals surface area contributed by atoms with Crippen LogP contribution in [0.3, 0.4) is 0 Å². The van der Waals surface area contributed by atoms with Crippen molar-refractivity contribution in [3.05, 3.63) is 82.9 Å². The molecule has 28 heavy (non-hydrogen) atoms. The lowest BCUT2D eigenvalue weighted by atomic mass is 9.87. The number of benzene rings is 4. The standard InChI is InChI=1S/C24H18O4/c1-13-3-5-15-11-17(23(25)26)7-9-19(15)21(13)22-14(2)4-6-16-12-18(24(27)28)8-10-20(16)22/h3-12H,1-2H3,(H,25,26)(H,27,28). The molecule has 0 spiro atoms. The molecule has 138 valence electrons. The fourth-order valence-electron chi connectivity index (χ4n) is 3.81. The summed E-state index contributed by atoms with van der Waals surface area (Å²) in [6, 6.07) is 18.2. The van der Waals surface area contributed by atoms with E-state index in [-0.39, 0.29) is 11.1 Å². The normalized spacial score (nSPS) is 11.1. The fourth-order valence-corrected chi connectivity index (χ4v) is 3.81. The molecule has 4 nitrogen and oxygen atoms in total. The van der Waals surface area contributed by atoms with Crippen molar-refractivity contribution in [2.75, 3.05) is 0 Å². The highest BCUT2D eigenvalue weighted by molar-refractivity contribution is 6.09. The van der Waals surface area contributed by atoms with Crippen molar-refractivity contribution in [3.8, 4) is 11.1 Å². The van der Waals surface area contributed by atoms with Crippen molar-refractivity contribution in [1.82, 2.24) is 0 Å². The van der Waals surface area contributed by atoms with Gasteiger partial charge in [0.1, 0.15) is 0 Å². The molecule has 0 radical (unpaired) electrons. The van der Waals surface area contributed by atoms with Crippen molar-refractivity contribution in [1.29, 1.82) is 0 Å². The zero-order chi connectivity index (χ0) is 20.0. The molecule has 4 heteroatoms. The third-order valence-electron chi connectivity index (χ3n) is 5.20. The van der Waals surface area contributed by atoms with Gasteiger partial charge >= 0.3 is 11.9 Å². The van der Waals surface area contributed by atoms with Crippen LogP contribution < -0.4 is 0 Å². The summed E-state index contributed by atoms with van der Waals surface area (Å²) in [6.07, 6.45) is 0. The number of carboxylic acid groups (broad SMARTS) is 2. The lowest BCUT2D eigenvalue weighted by Gasteiger charge is -2.17. The summed E-state index contributed by atoms with van der Waals surface area (Å²) in [7, 11) is 0. The number of fused-ring (bicyclic) bond motifs is 2. The summed E-state index contributed by atoms with van der Waals surface area (Å²) in [5.41, 5.74) is 4.74. The molecule has 4 aromatic rings. The molecule has 4 aromatic carbocycles. The third kappa shape index (κ3) is 2.79. The quantitative estimate of drug-likeness (QED) is 0.487. The molecule has 0 fully saturated rings. The van der Waals surface area contributed by atoms with Crippen LogP contribution in [-0.4, -0.2) is 22.2 Å². The van der Waals surface area contributed by atoms with Crippen LogP contribution in [0.1, 0.15) is 31.8 Å².